The van der Waals surface area contributed by atoms with E-state index >= 15 is 0 Å². The Morgan fingerprint density at radius 1 is 0.594 bits per heavy atom. The maximum Gasteiger partial charge on any atom is 0.490 e. The van der Waals surface area contributed by atoms with E-state index < -0.39 is 36.4 Å². The quantitative estimate of drug-likeness (QED) is 0.322. The first-order valence-electron chi connectivity index (χ1n) is 7.34. The Kier molecular flexibility index (Phi) is 11.6. The molecular formula is C16H12F9NO6. The van der Waals surface area contributed by atoms with E-state index in [1.807, 2.05) is 30.3 Å². The monoisotopic (exact) mass is 485 g/mol. The summed E-state index contributed by atoms with van der Waals surface area (Å²) in [5.74, 6) is -8.27. The van der Waals surface area contributed by atoms with Crippen molar-refractivity contribution in [2.75, 3.05) is 5.73 Å². The van der Waals surface area contributed by atoms with Crippen LogP contribution >= 0.6 is 0 Å². The molecule has 0 unspecified atom stereocenters. The predicted molar refractivity (Wildman–Crippen MR) is 89.4 cm³/mol. The van der Waals surface area contributed by atoms with Gasteiger partial charge in [0.1, 0.15) is 0 Å². The number of anilines is 1. The Labute approximate surface area is 171 Å². The minimum Gasteiger partial charge on any atom is -0.475 e. The average Bonchev–Trinajstić information content (AvgIpc) is 2.60. The summed E-state index contributed by atoms with van der Waals surface area (Å²) in [7, 11) is 0. The highest BCUT2D eigenvalue weighted by Crippen LogP contribution is 2.16. The van der Waals surface area contributed by atoms with Gasteiger partial charge in [0.2, 0.25) is 0 Å². The van der Waals surface area contributed by atoms with Crippen molar-refractivity contribution in [1.29, 1.82) is 0 Å². The number of fused-ring (bicyclic) bond motifs is 1. The third kappa shape index (κ3) is 14.3. The molecule has 32 heavy (non-hydrogen) atoms. The van der Waals surface area contributed by atoms with Gasteiger partial charge >= 0.3 is 36.4 Å². The lowest BCUT2D eigenvalue weighted by molar-refractivity contribution is -0.193. The van der Waals surface area contributed by atoms with E-state index in [9.17, 15) is 39.5 Å². The van der Waals surface area contributed by atoms with Crippen molar-refractivity contribution in [1.82, 2.24) is 0 Å². The Balaban J connectivity index is 0. The largest absolute Gasteiger partial charge is 0.490 e. The molecule has 2 rings (SSSR count). The number of benzene rings is 2. The van der Waals surface area contributed by atoms with Gasteiger partial charge in [-0.2, -0.15) is 39.5 Å². The third-order valence-corrected chi connectivity index (χ3v) is 2.50. The minimum atomic E-state index is -5.08. The summed E-state index contributed by atoms with van der Waals surface area (Å²) in [6.45, 7) is 0. The van der Waals surface area contributed by atoms with Crippen LogP contribution in [0, 0.1) is 0 Å². The van der Waals surface area contributed by atoms with Gasteiger partial charge < -0.3 is 21.1 Å². The molecule has 0 aliphatic carbocycles. The molecule has 2 aromatic rings. The number of halogens is 9. The molecule has 16 heteroatoms. The number of nitrogens with two attached hydrogens (primary N) is 1. The molecule has 0 bridgehead atoms. The van der Waals surface area contributed by atoms with E-state index in [1.54, 1.807) is 0 Å². The van der Waals surface area contributed by atoms with Crippen molar-refractivity contribution in [3.63, 3.8) is 0 Å². The van der Waals surface area contributed by atoms with Crippen LogP contribution in [0.3, 0.4) is 0 Å². The number of rotatable bonds is 0. The Morgan fingerprint density at radius 3 is 1.16 bits per heavy atom. The van der Waals surface area contributed by atoms with Gasteiger partial charge in [-0.15, -0.1) is 0 Å². The summed E-state index contributed by atoms with van der Waals surface area (Å²) in [5.41, 5.74) is 6.45. The normalized spacial score (nSPS) is 10.9. The Bertz CT molecular complexity index is 850. The second kappa shape index (κ2) is 12.2. The van der Waals surface area contributed by atoms with Gasteiger partial charge in [-0.3, -0.25) is 0 Å². The molecule has 180 valence electrons. The van der Waals surface area contributed by atoms with Gasteiger partial charge in [0.15, 0.2) is 0 Å². The van der Waals surface area contributed by atoms with E-state index in [2.05, 4.69) is 12.1 Å². The number of carboxylic acid groups (broad SMARTS) is 3. The van der Waals surface area contributed by atoms with Gasteiger partial charge in [-0.05, 0) is 22.9 Å². The van der Waals surface area contributed by atoms with Crippen LogP contribution in [0.25, 0.3) is 10.8 Å². The highest BCUT2D eigenvalue weighted by Gasteiger charge is 2.39. The van der Waals surface area contributed by atoms with Crippen LogP contribution in [0.5, 0.6) is 0 Å². The summed E-state index contributed by atoms with van der Waals surface area (Å²) >= 11 is 0. The number of hydrogen-bond donors (Lipinski definition) is 4. The number of carbonyl (C=O) groups is 3. The predicted octanol–water partition coefficient (Wildman–Crippen LogP) is 4.32. The van der Waals surface area contributed by atoms with Gasteiger partial charge in [0.25, 0.3) is 0 Å². The smallest absolute Gasteiger partial charge is 0.475 e. The summed E-state index contributed by atoms with van der Waals surface area (Å²) in [5, 5.41) is 23.8. The van der Waals surface area contributed by atoms with Crippen molar-refractivity contribution in [2.24, 2.45) is 0 Å². The van der Waals surface area contributed by atoms with Gasteiger partial charge in [0, 0.05) is 5.69 Å². The lowest BCUT2D eigenvalue weighted by Crippen LogP contribution is -2.21. The molecular weight excluding hydrogens is 473 g/mol. The van der Waals surface area contributed by atoms with Crippen LogP contribution in [-0.2, 0) is 14.4 Å². The first-order valence-corrected chi connectivity index (χ1v) is 7.34. The second-order valence-corrected chi connectivity index (χ2v) is 5.02. The fourth-order valence-corrected chi connectivity index (χ4v) is 1.21. The average molecular weight is 485 g/mol. The molecule has 0 atom stereocenters. The summed E-state index contributed by atoms with van der Waals surface area (Å²) in [6, 6.07) is 14.1. The first kappa shape index (κ1) is 30.5. The highest BCUT2D eigenvalue weighted by molar-refractivity contribution is 5.85. The minimum absolute atomic E-state index is 0.823. The molecule has 0 heterocycles. The SMILES string of the molecule is Nc1ccc2ccccc2c1.O=C(O)C(F)(F)F.O=C(O)C(F)(F)F.O=C(O)C(F)(F)F. The summed E-state index contributed by atoms with van der Waals surface area (Å²) < 4.78 is 95.2. The standard InChI is InChI=1S/C10H9N.3C2HF3O2/c11-10-6-5-8-3-1-2-4-9(8)7-10;3*3-2(4,5)1(6)7/h1-7H,11H2;3*(H,6,7). The van der Waals surface area contributed by atoms with Crippen LogP contribution in [0.1, 0.15) is 0 Å². The van der Waals surface area contributed by atoms with Gasteiger partial charge in [0.05, 0.1) is 0 Å². The van der Waals surface area contributed by atoms with Crippen LogP contribution in [0.15, 0.2) is 42.5 Å². The summed E-state index contributed by atoms with van der Waals surface area (Å²) in [4.78, 5) is 26.7. The molecule has 7 nitrogen and oxygen atoms in total. The van der Waals surface area contributed by atoms with E-state index in [1.165, 1.54) is 10.8 Å². The summed E-state index contributed by atoms with van der Waals surface area (Å²) in [6.07, 6.45) is -15.3. The van der Waals surface area contributed by atoms with Crippen molar-refractivity contribution in [3.8, 4) is 0 Å². The maximum atomic E-state index is 10.6. The third-order valence-electron chi connectivity index (χ3n) is 2.50. The molecule has 0 aliphatic rings. The van der Waals surface area contributed by atoms with Crippen molar-refractivity contribution < 1.29 is 69.2 Å². The number of alkyl halides is 9. The molecule has 2 aromatic carbocycles. The molecule has 0 fully saturated rings. The number of hydrogen-bond acceptors (Lipinski definition) is 4. The number of carboxylic acids is 3. The van der Waals surface area contributed by atoms with E-state index in [0.29, 0.717) is 0 Å². The lowest BCUT2D eigenvalue weighted by atomic mass is 10.1. The van der Waals surface area contributed by atoms with Crippen molar-refractivity contribution in [2.45, 2.75) is 18.5 Å². The zero-order chi connectivity index (χ0) is 25.9. The van der Waals surface area contributed by atoms with Crippen molar-refractivity contribution in [3.05, 3.63) is 42.5 Å². The molecule has 0 spiro atoms. The fourth-order valence-electron chi connectivity index (χ4n) is 1.21. The Hall–Kier alpha value is -3.72. The van der Waals surface area contributed by atoms with E-state index in [-0.39, 0.29) is 0 Å². The molecule has 0 radical (unpaired) electrons. The molecule has 0 aliphatic heterocycles. The van der Waals surface area contributed by atoms with Crippen LogP contribution in [-0.4, -0.2) is 51.8 Å². The van der Waals surface area contributed by atoms with Crippen LogP contribution in [0.4, 0.5) is 45.2 Å². The molecule has 0 amide bonds. The molecule has 0 aromatic heterocycles. The second-order valence-electron chi connectivity index (χ2n) is 5.02. The topological polar surface area (TPSA) is 138 Å². The van der Waals surface area contributed by atoms with E-state index in [4.69, 9.17) is 35.4 Å². The zero-order valence-electron chi connectivity index (χ0n) is 15.1. The Morgan fingerprint density at radius 2 is 0.875 bits per heavy atom. The zero-order valence-corrected chi connectivity index (χ0v) is 15.1. The van der Waals surface area contributed by atoms with Crippen molar-refractivity contribution >= 4 is 34.4 Å². The molecule has 0 saturated heterocycles. The fraction of sp³-hybridized carbons (Fsp3) is 0.188. The number of nitrogen functional groups attached to an aromatic ring is 1. The first-order chi connectivity index (χ1) is 14.2. The highest BCUT2D eigenvalue weighted by atomic mass is 19.4. The van der Waals surface area contributed by atoms with Crippen LogP contribution in [0.2, 0.25) is 0 Å². The molecule has 5 N–H and O–H groups in total. The van der Waals surface area contributed by atoms with Crippen LogP contribution < -0.4 is 5.73 Å². The maximum absolute atomic E-state index is 10.6. The lowest BCUT2D eigenvalue weighted by Gasteiger charge is -1.96. The molecule has 0 saturated carbocycles. The van der Waals surface area contributed by atoms with E-state index in [0.717, 1.165) is 5.69 Å². The number of aliphatic carboxylic acids is 3. The van der Waals surface area contributed by atoms with Gasteiger partial charge in [-0.1, -0.05) is 30.3 Å². The van der Waals surface area contributed by atoms with Gasteiger partial charge in [-0.25, -0.2) is 14.4 Å².